The molecule has 0 bridgehead atoms. The Morgan fingerprint density at radius 1 is 1.30 bits per heavy atom. The molecule has 3 heteroatoms. The van der Waals surface area contributed by atoms with Gasteiger partial charge in [0.1, 0.15) is 5.76 Å². The SMILES string of the molecule is C=C(/C=C(C)\C(S)=C(\C)CC)OC.Nc1ccccc1. The van der Waals surface area contributed by atoms with Crippen LogP contribution in [0, 0.1) is 0 Å². The molecule has 20 heavy (non-hydrogen) atoms. The van der Waals surface area contributed by atoms with Crippen molar-refractivity contribution in [3.63, 3.8) is 0 Å². The topological polar surface area (TPSA) is 35.2 Å². The van der Waals surface area contributed by atoms with Crippen LogP contribution in [0.2, 0.25) is 0 Å². The van der Waals surface area contributed by atoms with E-state index in [1.54, 1.807) is 7.11 Å². The molecule has 0 heterocycles. The second kappa shape index (κ2) is 10.2. The molecule has 1 rings (SSSR count). The van der Waals surface area contributed by atoms with Gasteiger partial charge in [-0.05, 0) is 44.1 Å². The van der Waals surface area contributed by atoms with Gasteiger partial charge in [0.05, 0.1) is 7.11 Å². The molecular weight excluding hydrogens is 266 g/mol. The maximum atomic E-state index is 5.36. The smallest absolute Gasteiger partial charge is 0.112 e. The van der Waals surface area contributed by atoms with Crippen LogP contribution < -0.4 is 5.73 Å². The van der Waals surface area contributed by atoms with Crippen molar-refractivity contribution in [1.29, 1.82) is 0 Å². The Bertz CT molecular complexity index is 475. The summed E-state index contributed by atoms with van der Waals surface area (Å²) in [4.78, 5) is 1.03. The number of para-hydroxylation sites is 1. The van der Waals surface area contributed by atoms with Gasteiger partial charge in [-0.25, -0.2) is 0 Å². The molecule has 1 aromatic rings. The first-order valence-corrected chi connectivity index (χ1v) is 6.97. The third-order valence-electron chi connectivity index (χ3n) is 2.75. The van der Waals surface area contributed by atoms with Crippen LogP contribution in [-0.2, 0) is 4.74 Å². The van der Waals surface area contributed by atoms with E-state index in [1.807, 2.05) is 43.3 Å². The van der Waals surface area contributed by atoms with Gasteiger partial charge in [-0.2, -0.15) is 0 Å². The predicted molar refractivity (Wildman–Crippen MR) is 92.7 cm³/mol. The highest BCUT2D eigenvalue weighted by atomic mass is 32.1. The molecule has 0 aromatic heterocycles. The number of rotatable bonds is 4. The van der Waals surface area contributed by atoms with E-state index in [-0.39, 0.29) is 0 Å². The highest BCUT2D eigenvalue weighted by molar-refractivity contribution is 7.84. The summed E-state index contributed by atoms with van der Waals surface area (Å²) in [6.07, 6.45) is 2.91. The molecule has 0 atom stereocenters. The Morgan fingerprint density at radius 3 is 2.20 bits per heavy atom. The van der Waals surface area contributed by atoms with Crippen LogP contribution in [0.25, 0.3) is 0 Å². The Kier molecular flexibility index (Phi) is 9.39. The van der Waals surface area contributed by atoms with Gasteiger partial charge in [0.2, 0.25) is 0 Å². The molecule has 0 amide bonds. The van der Waals surface area contributed by atoms with Gasteiger partial charge in [0.15, 0.2) is 0 Å². The highest BCUT2D eigenvalue weighted by Gasteiger charge is 1.99. The van der Waals surface area contributed by atoms with E-state index >= 15 is 0 Å². The minimum Gasteiger partial charge on any atom is -0.497 e. The summed E-state index contributed by atoms with van der Waals surface area (Å²) < 4.78 is 4.96. The Morgan fingerprint density at radius 2 is 1.85 bits per heavy atom. The lowest BCUT2D eigenvalue weighted by atomic mass is 10.1. The van der Waals surface area contributed by atoms with Crippen LogP contribution >= 0.6 is 12.6 Å². The van der Waals surface area contributed by atoms with Crippen LogP contribution in [0.15, 0.2) is 64.8 Å². The Balaban J connectivity index is 0.000000428. The molecule has 1 aromatic carbocycles. The maximum absolute atomic E-state index is 5.36. The van der Waals surface area contributed by atoms with Gasteiger partial charge in [-0.15, -0.1) is 12.6 Å². The van der Waals surface area contributed by atoms with E-state index in [0.717, 1.165) is 22.6 Å². The average Bonchev–Trinajstić information content (AvgIpc) is 2.46. The van der Waals surface area contributed by atoms with Gasteiger partial charge in [0.25, 0.3) is 0 Å². The quantitative estimate of drug-likeness (QED) is 0.355. The number of hydrogen-bond donors (Lipinski definition) is 2. The fourth-order valence-corrected chi connectivity index (χ4v) is 1.55. The predicted octanol–water partition coefficient (Wildman–Crippen LogP) is 4.98. The lowest BCUT2D eigenvalue weighted by Gasteiger charge is -2.06. The minimum atomic E-state index is 0.660. The first kappa shape index (κ1) is 18.4. The number of hydrogen-bond acceptors (Lipinski definition) is 3. The van der Waals surface area contributed by atoms with E-state index in [1.165, 1.54) is 5.57 Å². The molecule has 0 unspecified atom stereocenters. The molecular formula is C17H25NOS. The second-order valence-electron chi connectivity index (χ2n) is 4.39. The van der Waals surface area contributed by atoms with Gasteiger partial charge in [0, 0.05) is 10.6 Å². The zero-order valence-corrected chi connectivity index (χ0v) is 13.7. The zero-order chi connectivity index (χ0) is 15.5. The summed E-state index contributed by atoms with van der Waals surface area (Å²) in [5.41, 5.74) is 8.55. The first-order valence-electron chi connectivity index (χ1n) is 6.53. The first-order chi connectivity index (χ1) is 9.42. The normalized spacial score (nSPS) is 11.9. The highest BCUT2D eigenvalue weighted by Crippen LogP contribution is 2.21. The number of nitrogen functional groups attached to an aromatic ring is 1. The molecule has 0 saturated heterocycles. The number of benzene rings is 1. The van der Waals surface area contributed by atoms with Crippen molar-refractivity contribution in [3.05, 3.63) is 64.8 Å². The molecule has 0 aliphatic heterocycles. The summed E-state index contributed by atoms with van der Waals surface area (Å²) in [5, 5.41) is 0. The fraction of sp³-hybridized carbons (Fsp3) is 0.294. The minimum absolute atomic E-state index is 0.660. The Labute approximate surface area is 128 Å². The third-order valence-corrected chi connectivity index (χ3v) is 3.48. The molecule has 0 spiro atoms. The summed E-state index contributed by atoms with van der Waals surface area (Å²) in [6.45, 7) is 9.92. The maximum Gasteiger partial charge on any atom is 0.112 e. The molecule has 110 valence electrons. The van der Waals surface area contributed by atoms with Crippen LogP contribution in [0.5, 0.6) is 0 Å². The van der Waals surface area contributed by atoms with E-state index in [0.29, 0.717) is 5.76 Å². The van der Waals surface area contributed by atoms with Gasteiger partial charge >= 0.3 is 0 Å². The van der Waals surface area contributed by atoms with Gasteiger partial charge in [-0.1, -0.05) is 37.3 Å². The van der Waals surface area contributed by atoms with Crippen LogP contribution in [-0.4, -0.2) is 7.11 Å². The number of thiol groups is 1. The van der Waals surface area contributed by atoms with Crippen molar-refractivity contribution in [1.82, 2.24) is 0 Å². The molecule has 0 fully saturated rings. The third kappa shape index (κ3) is 7.74. The van der Waals surface area contributed by atoms with Crippen LogP contribution in [0.1, 0.15) is 27.2 Å². The number of nitrogens with two attached hydrogens (primary N) is 1. The van der Waals surface area contributed by atoms with Crippen molar-refractivity contribution in [2.45, 2.75) is 27.2 Å². The van der Waals surface area contributed by atoms with Crippen molar-refractivity contribution in [3.8, 4) is 0 Å². The number of methoxy groups -OCH3 is 1. The molecule has 0 aliphatic rings. The van der Waals surface area contributed by atoms with Crippen LogP contribution in [0.4, 0.5) is 5.69 Å². The summed E-state index contributed by atoms with van der Waals surface area (Å²) >= 11 is 4.43. The summed E-state index contributed by atoms with van der Waals surface area (Å²) in [5.74, 6) is 0.660. The zero-order valence-electron chi connectivity index (χ0n) is 12.8. The number of anilines is 1. The molecule has 0 aliphatic carbocycles. The van der Waals surface area contributed by atoms with Crippen molar-refractivity contribution in [2.24, 2.45) is 0 Å². The fourth-order valence-electron chi connectivity index (χ4n) is 1.33. The van der Waals surface area contributed by atoms with Crippen molar-refractivity contribution in [2.75, 3.05) is 12.8 Å². The van der Waals surface area contributed by atoms with E-state index in [9.17, 15) is 0 Å². The molecule has 0 saturated carbocycles. The average molecular weight is 291 g/mol. The van der Waals surface area contributed by atoms with E-state index in [4.69, 9.17) is 10.5 Å². The number of ether oxygens (including phenoxy) is 1. The lowest BCUT2D eigenvalue weighted by molar-refractivity contribution is 0.308. The lowest BCUT2D eigenvalue weighted by Crippen LogP contribution is -1.86. The van der Waals surface area contributed by atoms with E-state index in [2.05, 4.69) is 33.1 Å². The molecule has 2 nitrogen and oxygen atoms in total. The monoisotopic (exact) mass is 291 g/mol. The Hall–Kier alpha value is -1.61. The molecule has 0 radical (unpaired) electrons. The van der Waals surface area contributed by atoms with Crippen molar-refractivity contribution < 1.29 is 4.74 Å². The van der Waals surface area contributed by atoms with Crippen molar-refractivity contribution >= 4 is 18.3 Å². The summed E-state index contributed by atoms with van der Waals surface area (Å²) in [7, 11) is 1.61. The van der Waals surface area contributed by atoms with E-state index < -0.39 is 0 Å². The second-order valence-corrected chi connectivity index (χ2v) is 4.84. The number of allylic oxidation sites excluding steroid dienone is 3. The largest absolute Gasteiger partial charge is 0.497 e. The van der Waals surface area contributed by atoms with Crippen LogP contribution in [0.3, 0.4) is 0 Å². The molecule has 2 N–H and O–H groups in total. The van der Waals surface area contributed by atoms with Gasteiger partial charge < -0.3 is 10.5 Å². The summed E-state index contributed by atoms with van der Waals surface area (Å²) in [6, 6.07) is 9.49. The standard InChI is InChI=1S/C11H18OS.C6H7N/c1-6-8(2)11(13)9(3)7-10(4)12-5;7-6-4-2-1-3-5-6/h7,13H,4,6H2,1-3,5H3;1-5H,7H2/b9-7-,11-8+;. The van der Waals surface area contributed by atoms with Gasteiger partial charge in [-0.3, -0.25) is 0 Å².